The first kappa shape index (κ1) is 10.8. The highest BCUT2D eigenvalue weighted by Gasteiger charge is 2.38. The van der Waals surface area contributed by atoms with E-state index in [1.165, 1.54) is 0 Å². The number of hydrogen-bond donors (Lipinski definition) is 0. The van der Waals surface area contributed by atoms with Crippen LogP contribution >= 0.6 is 11.6 Å². The van der Waals surface area contributed by atoms with Crippen LogP contribution in [0, 0.1) is 13.8 Å². The highest BCUT2D eigenvalue weighted by Crippen LogP contribution is 2.39. The molecule has 0 bridgehead atoms. The SMILES string of the molecule is COc1c(C)cc(C2(Cl)COC2)cc1C. The Bertz CT molecular complexity index is 360. The van der Waals surface area contributed by atoms with Crippen molar-refractivity contribution in [2.24, 2.45) is 0 Å². The number of methoxy groups -OCH3 is 1. The van der Waals surface area contributed by atoms with E-state index in [-0.39, 0.29) is 4.87 Å². The molecule has 0 aliphatic carbocycles. The molecule has 1 aliphatic heterocycles. The van der Waals surface area contributed by atoms with Crippen LogP contribution in [0.4, 0.5) is 0 Å². The van der Waals surface area contributed by atoms with Crippen molar-refractivity contribution < 1.29 is 9.47 Å². The molecule has 0 saturated carbocycles. The van der Waals surface area contributed by atoms with E-state index in [1.54, 1.807) is 7.11 Å². The van der Waals surface area contributed by atoms with Gasteiger partial charge in [-0.3, -0.25) is 0 Å². The normalized spacial score (nSPS) is 18.4. The summed E-state index contributed by atoms with van der Waals surface area (Å²) in [5, 5.41) is 0. The van der Waals surface area contributed by atoms with Crippen molar-refractivity contribution in [1.82, 2.24) is 0 Å². The molecule has 2 rings (SSSR count). The molecule has 1 heterocycles. The largest absolute Gasteiger partial charge is 0.496 e. The molecule has 3 heteroatoms. The first-order chi connectivity index (χ1) is 7.07. The van der Waals surface area contributed by atoms with Gasteiger partial charge in [0.15, 0.2) is 0 Å². The second kappa shape index (κ2) is 3.69. The third kappa shape index (κ3) is 1.72. The van der Waals surface area contributed by atoms with Crippen LogP contribution in [0.5, 0.6) is 5.75 Å². The van der Waals surface area contributed by atoms with Gasteiger partial charge in [0, 0.05) is 0 Å². The Morgan fingerprint density at radius 3 is 2.13 bits per heavy atom. The van der Waals surface area contributed by atoms with Gasteiger partial charge in [-0.05, 0) is 30.5 Å². The molecule has 1 aromatic rings. The zero-order valence-corrected chi connectivity index (χ0v) is 10.0. The molecular formula is C12H15ClO2. The summed E-state index contributed by atoms with van der Waals surface area (Å²) in [4.78, 5) is -0.318. The molecule has 0 spiro atoms. The molecule has 82 valence electrons. The maximum Gasteiger partial charge on any atom is 0.124 e. The Hall–Kier alpha value is -0.730. The predicted octanol–water partition coefficient (Wildman–Crippen LogP) is 2.78. The van der Waals surface area contributed by atoms with Gasteiger partial charge in [0.2, 0.25) is 0 Å². The second-order valence-electron chi connectivity index (χ2n) is 4.10. The van der Waals surface area contributed by atoms with Crippen LogP contribution in [0.25, 0.3) is 0 Å². The minimum absolute atomic E-state index is 0.318. The van der Waals surface area contributed by atoms with E-state index in [2.05, 4.69) is 12.1 Å². The van der Waals surface area contributed by atoms with Crippen molar-refractivity contribution >= 4 is 11.6 Å². The Balaban J connectivity index is 2.43. The third-order valence-electron chi connectivity index (χ3n) is 2.84. The fourth-order valence-corrected chi connectivity index (χ4v) is 2.24. The summed E-state index contributed by atoms with van der Waals surface area (Å²) >= 11 is 6.41. The van der Waals surface area contributed by atoms with E-state index >= 15 is 0 Å². The predicted molar refractivity (Wildman–Crippen MR) is 60.8 cm³/mol. The van der Waals surface area contributed by atoms with Gasteiger partial charge in [-0.1, -0.05) is 12.1 Å². The molecule has 1 saturated heterocycles. The molecule has 0 atom stereocenters. The zero-order chi connectivity index (χ0) is 11.1. The standard InChI is InChI=1S/C12H15ClO2/c1-8-4-10(12(13)6-15-7-12)5-9(2)11(8)14-3/h4-5H,6-7H2,1-3H3. The lowest BCUT2D eigenvalue weighted by molar-refractivity contribution is -0.0152. The molecule has 0 radical (unpaired) electrons. The molecule has 0 unspecified atom stereocenters. The summed E-state index contributed by atoms with van der Waals surface area (Å²) in [6, 6.07) is 4.17. The smallest absolute Gasteiger partial charge is 0.124 e. The van der Waals surface area contributed by atoms with Crippen molar-refractivity contribution in [3.8, 4) is 5.75 Å². The van der Waals surface area contributed by atoms with E-state index in [0.717, 1.165) is 22.4 Å². The van der Waals surface area contributed by atoms with E-state index in [4.69, 9.17) is 21.1 Å². The minimum Gasteiger partial charge on any atom is -0.496 e. The molecule has 0 amide bonds. The van der Waals surface area contributed by atoms with Crippen molar-refractivity contribution in [1.29, 1.82) is 0 Å². The lowest BCUT2D eigenvalue weighted by Gasteiger charge is -2.36. The number of alkyl halides is 1. The summed E-state index contributed by atoms with van der Waals surface area (Å²) in [5.74, 6) is 0.944. The number of ether oxygens (including phenoxy) is 2. The number of benzene rings is 1. The highest BCUT2D eigenvalue weighted by molar-refractivity contribution is 6.24. The van der Waals surface area contributed by atoms with Gasteiger partial charge in [0.05, 0.1) is 20.3 Å². The van der Waals surface area contributed by atoms with Gasteiger partial charge in [-0.25, -0.2) is 0 Å². The van der Waals surface area contributed by atoms with E-state index in [9.17, 15) is 0 Å². The summed E-state index contributed by atoms with van der Waals surface area (Å²) in [6.07, 6.45) is 0. The maximum atomic E-state index is 6.41. The van der Waals surface area contributed by atoms with Gasteiger partial charge in [0.25, 0.3) is 0 Å². The van der Waals surface area contributed by atoms with Crippen LogP contribution in [0.15, 0.2) is 12.1 Å². The number of halogens is 1. The first-order valence-corrected chi connectivity index (χ1v) is 5.37. The van der Waals surface area contributed by atoms with E-state index in [1.807, 2.05) is 13.8 Å². The van der Waals surface area contributed by atoms with Crippen molar-refractivity contribution in [2.45, 2.75) is 18.7 Å². The summed E-state index contributed by atoms with van der Waals surface area (Å²) in [7, 11) is 1.69. The van der Waals surface area contributed by atoms with Crippen LogP contribution < -0.4 is 4.74 Å². The molecule has 2 nitrogen and oxygen atoms in total. The Morgan fingerprint density at radius 1 is 1.27 bits per heavy atom. The quantitative estimate of drug-likeness (QED) is 0.722. The average molecular weight is 227 g/mol. The maximum absolute atomic E-state index is 6.41. The van der Waals surface area contributed by atoms with Crippen LogP contribution in [-0.2, 0) is 9.61 Å². The topological polar surface area (TPSA) is 18.5 Å². The fourth-order valence-electron chi connectivity index (χ4n) is 1.98. The van der Waals surface area contributed by atoms with Crippen molar-refractivity contribution in [3.05, 3.63) is 28.8 Å². The average Bonchev–Trinajstić information content (AvgIpc) is 2.13. The minimum atomic E-state index is -0.318. The van der Waals surface area contributed by atoms with Crippen LogP contribution in [-0.4, -0.2) is 20.3 Å². The highest BCUT2D eigenvalue weighted by atomic mass is 35.5. The summed E-state index contributed by atoms with van der Waals surface area (Å²) in [6.45, 7) is 5.27. The lowest BCUT2D eigenvalue weighted by Crippen LogP contribution is -2.41. The van der Waals surface area contributed by atoms with Crippen molar-refractivity contribution in [3.63, 3.8) is 0 Å². The lowest BCUT2D eigenvalue weighted by atomic mass is 9.93. The second-order valence-corrected chi connectivity index (χ2v) is 4.82. The molecule has 15 heavy (non-hydrogen) atoms. The third-order valence-corrected chi connectivity index (χ3v) is 3.28. The summed E-state index contributed by atoms with van der Waals surface area (Å²) in [5.41, 5.74) is 3.38. The molecular weight excluding hydrogens is 212 g/mol. The molecule has 1 aliphatic rings. The zero-order valence-electron chi connectivity index (χ0n) is 9.26. The van der Waals surface area contributed by atoms with Crippen LogP contribution in [0.3, 0.4) is 0 Å². The van der Waals surface area contributed by atoms with E-state index < -0.39 is 0 Å². The van der Waals surface area contributed by atoms with Gasteiger partial charge < -0.3 is 9.47 Å². The van der Waals surface area contributed by atoms with Crippen LogP contribution in [0.2, 0.25) is 0 Å². The van der Waals surface area contributed by atoms with Gasteiger partial charge in [0.1, 0.15) is 10.6 Å². The molecule has 1 fully saturated rings. The van der Waals surface area contributed by atoms with Crippen LogP contribution in [0.1, 0.15) is 16.7 Å². The number of rotatable bonds is 2. The van der Waals surface area contributed by atoms with Gasteiger partial charge >= 0.3 is 0 Å². The van der Waals surface area contributed by atoms with Gasteiger partial charge in [-0.15, -0.1) is 11.6 Å². The van der Waals surface area contributed by atoms with Gasteiger partial charge in [-0.2, -0.15) is 0 Å². The summed E-state index contributed by atoms with van der Waals surface area (Å²) < 4.78 is 10.5. The monoisotopic (exact) mass is 226 g/mol. The Kier molecular flexibility index (Phi) is 2.65. The first-order valence-electron chi connectivity index (χ1n) is 4.99. The Morgan fingerprint density at radius 2 is 1.80 bits per heavy atom. The van der Waals surface area contributed by atoms with Crippen molar-refractivity contribution in [2.75, 3.05) is 20.3 Å². The molecule has 0 N–H and O–H groups in total. The van der Waals surface area contributed by atoms with E-state index in [0.29, 0.717) is 13.2 Å². The number of aryl methyl sites for hydroxylation is 2. The fraction of sp³-hybridized carbons (Fsp3) is 0.500. The number of hydrogen-bond acceptors (Lipinski definition) is 2. The molecule has 0 aromatic heterocycles. The molecule has 1 aromatic carbocycles. The Labute approximate surface area is 95.1 Å².